The second kappa shape index (κ2) is 7.85. The van der Waals surface area contributed by atoms with E-state index in [0.717, 1.165) is 25.0 Å². The van der Waals surface area contributed by atoms with Crippen molar-refractivity contribution in [3.8, 4) is 0 Å². The van der Waals surface area contributed by atoms with Crippen LogP contribution in [-0.4, -0.2) is 41.1 Å². The summed E-state index contributed by atoms with van der Waals surface area (Å²) >= 11 is 1.84. The molecule has 21 heavy (non-hydrogen) atoms. The third-order valence-electron chi connectivity index (χ3n) is 4.19. The molecule has 1 aliphatic rings. The first kappa shape index (κ1) is 16.4. The quantitative estimate of drug-likeness (QED) is 0.840. The van der Waals surface area contributed by atoms with Gasteiger partial charge in [0.1, 0.15) is 0 Å². The van der Waals surface area contributed by atoms with Crippen LogP contribution in [0.2, 0.25) is 0 Å². The van der Waals surface area contributed by atoms with Gasteiger partial charge in [0.15, 0.2) is 0 Å². The van der Waals surface area contributed by atoms with E-state index in [-0.39, 0.29) is 18.1 Å². The summed E-state index contributed by atoms with van der Waals surface area (Å²) < 4.78 is 0. The van der Waals surface area contributed by atoms with Crippen molar-refractivity contribution < 1.29 is 4.79 Å². The van der Waals surface area contributed by atoms with Crippen molar-refractivity contribution >= 4 is 17.7 Å². The first-order chi connectivity index (χ1) is 10.1. The Morgan fingerprint density at radius 2 is 2.05 bits per heavy atom. The van der Waals surface area contributed by atoms with Crippen molar-refractivity contribution in [2.24, 2.45) is 0 Å². The number of benzene rings is 1. The van der Waals surface area contributed by atoms with Gasteiger partial charge in [-0.1, -0.05) is 30.3 Å². The number of nitrogens with one attached hydrogen (secondary N) is 1. The monoisotopic (exact) mass is 306 g/mol. The Labute approximate surface area is 132 Å². The van der Waals surface area contributed by atoms with Crippen LogP contribution in [0.1, 0.15) is 32.3 Å². The van der Waals surface area contributed by atoms with Gasteiger partial charge in [0.05, 0.1) is 12.2 Å². The maximum atomic E-state index is 12.6. The number of hydrogen-bond donors (Lipinski definition) is 1. The topological polar surface area (TPSA) is 32.3 Å². The van der Waals surface area contributed by atoms with Crippen LogP contribution >= 0.6 is 11.8 Å². The molecule has 1 heterocycles. The Hall–Kier alpha value is -1.00. The molecule has 0 spiro atoms. The number of carbonyl (C=O) groups is 1. The number of amides is 1. The van der Waals surface area contributed by atoms with Crippen molar-refractivity contribution in [3.63, 3.8) is 0 Å². The van der Waals surface area contributed by atoms with E-state index in [1.54, 1.807) is 0 Å². The Morgan fingerprint density at radius 1 is 1.33 bits per heavy atom. The molecule has 3 nitrogen and oxygen atoms in total. The van der Waals surface area contributed by atoms with Crippen LogP contribution < -0.4 is 5.32 Å². The van der Waals surface area contributed by atoms with E-state index >= 15 is 0 Å². The zero-order valence-corrected chi connectivity index (χ0v) is 14.0. The summed E-state index contributed by atoms with van der Waals surface area (Å²) in [5.74, 6) is 1.37. The normalized spacial score (nSPS) is 23.6. The molecular formula is C17H26N2OS. The highest BCUT2D eigenvalue weighted by atomic mass is 32.2. The molecule has 1 saturated heterocycles. The lowest BCUT2D eigenvalue weighted by Gasteiger charge is -2.28. The fourth-order valence-electron chi connectivity index (χ4n) is 3.00. The molecule has 4 heteroatoms. The Balaban J connectivity index is 1.90. The molecule has 3 atom stereocenters. The van der Waals surface area contributed by atoms with Gasteiger partial charge in [-0.3, -0.25) is 10.1 Å². The van der Waals surface area contributed by atoms with Gasteiger partial charge < -0.3 is 4.90 Å². The molecule has 0 bridgehead atoms. The summed E-state index contributed by atoms with van der Waals surface area (Å²) in [7, 11) is 0. The van der Waals surface area contributed by atoms with Gasteiger partial charge in [-0.05, 0) is 50.7 Å². The predicted octanol–water partition coefficient (Wildman–Crippen LogP) is 2.91. The molecule has 0 aliphatic carbocycles. The highest BCUT2D eigenvalue weighted by Crippen LogP contribution is 2.20. The van der Waals surface area contributed by atoms with Crippen molar-refractivity contribution in [2.75, 3.05) is 12.0 Å². The minimum Gasteiger partial charge on any atom is -0.323 e. The molecule has 0 saturated carbocycles. The van der Waals surface area contributed by atoms with Gasteiger partial charge in [0.2, 0.25) is 5.91 Å². The first-order valence-corrected chi connectivity index (χ1v) is 9.14. The second-order valence-electron chi connectivity index (χ2n) is 5.80. The highest BCUT2D eigenvalue weighted by molar-refractivity contribution is 7.98. The standard InChI is InChI=1S/C17H26N2OS/c1-13(11-12-21-3)19-14(2)18-16(17(19)20)10-9-15-7-5-4-6-8-15/h4-8,13-14,16,18H,9-12H2,1-3H3. The SMILES string of the molecule is CSCCC(C)N1C(=O)C(CCc2ccccc2)NC1C. The van der Waals surface area contributed by atoms with Gasteiger partial charge in [-0.15, -0.1) is 0 Å². The van der Waals surface area contributed by atoms with Gasteiger partial charge in [-0.2, -0.15) is 11.8 Å². The van der Waals surface area contributed by atoms with Crippen LogP contribution in [0.4, 0.5) is 0 Å². The lowest BCUT2D eigenvalue weighted by atomic mass is 10.1. The summed E-state index contributed by atoms with van der Waals surface area (Å²) in [4.78, 5) is 14.6. The molecule has 1 aliphatic heterocycles. The fourth-order valence-corrected chi connectivity index (χ4v) is 3.58. The van der Waals surface area contributed by atoms with Gasteiger partial charge in [0, 0.05) is 6.04 Å². The van der Waals surface area contributed by atoms with Crippen LogP contribution in [-0.2, 0) is 11.2 Å². The van der Waals surface area contributed by atoms with E-state index in [0.29, 0.717) is 6.04 Å². The van der Waals surface area contributed by atoms with Crippen LogP contribution in [0.15, 0.2) is 30.3 Å². The Morgan fingerprint density at radius 3 is 2.71 bits per heavy atom. The lowest BCUT2D eigenvalue weighted by Crippen LogP contribution is -2.41. The largest absolute Gasteiger partial charge is 0.323 e. The van der Waals surface area contributed by atoms with Gasteiger partial charge in [0.25, 0.3) is 0 Å². The third kappa shape index (κ3) is 4.24. The number of hydrogen-bond acceptors (Lipinski definition) is 3. The number of thioether (sulfide) groups is 1. The summed E-state index contributed by atoms with van der Waals surface area (Å²) in [5.41, 5.74) is 1.30. The highest BCUT2D eigenvalue weighted by Gasteiger charge is 2.38. The fraction of sp³-hybridized carbons (Fsp3) is 0.588. The van der Waals surface area contributed by atoms with E-state index in [9.17, 15) is 4.79 Å². The Bertz CT molecular complexity index is 451. The zero-order valence-electron chi connectivity index (χ0n) is 13.2. The Kier molecular flexibility index (Phi) is 6.12. The molecule has 116 valence electrons. The van der Waals surface area contributed by atoms with Crippen LogP contribution in [0.5, 0.6) is 0 Å². The lowest BCUT2D eigenvalue weighted by molar-refractivity contribution is -0.131. The average molecular weight is 306 g/mol. The van der Waals surface area contributed by atoms with Crippen molar-refractivity contribution in [3.05, 3.63) is 35.9 Å². The molecule has 1 N–H and O–H groups in total. The van der Waals surface area contributed by atoms with Crippen molar-refractivity contribution in [1.29, 1.82) is 0 Å². The molecule has 2 rings (SSSR count). The zero-order chi connectivity index (χ0) is 15.2. The van der Waals surface area contributed by atoms with Gasteiger partial charge >= 0.3 is 0 Å². The van der Waals surface area contributed by atoms with E-state index < -0.39 is 0 Å². The maximum Gasteiger partial charge on any atom is 0.241 e. The van der Waals surface area contributed by atoms with Crippen LogP contribution in [0, 0.1) is 0 Å². The van der Waals surface area contributed by atoms with Gasteiger partial charge in [-0.25, -0.2) is 0 Å². The molecule has 0 radical (unpaired) electrons. The minimum atomic E-state index is -0.0306. The summed E-state index contributed by atoms with van der Waals surface area (Å²) in [6, 6.07) is 10.7. The van der Waals surface area contributed by atoms with E-state index in [4.69, 9.17) is 0 Å². The molecule has 1 aromatic carbocycles. The summed E-state index contributed by atoms with van der Waals surface area (Å²) in [6.07, 6.45) is 5.14. The van der Waals surface area contributed by atoms with Crippen LogP contribution in [0.25, 0.3) is 0 Å². The maximum absolute atomic E-state index is 12.6. The minimum absolute atomic E-state index is 0.0306. The second-order valence-corrected chi connectivity index (χ2v) is 6.78. The van der Waals surface area contributed by atoms with E-state index in [1.165, 1.54) is 5.56 Å². The van der Waals surface area contributed by atoms with E-state index in [1.807, 2.05) is 22.7 Å². The first-order valence-electron chi connectivity index (χ1n) is 7.74. The van der Waals surface area contributed by atoms with E-state index in [2.05, 4.69) is 49.7 Å². The molecule has 0 aromatic heterocycles. The molecule has 1 amide bonds. The smallest absolute Gasteiger partial charge is 0.241 e. The number of aryl methyl sites for hydroxylation is 1. The molecule has 1 aromatic rings. The molecular weight excluding hydrogens is 280 g/mol. The molecule has 3 unspecified atom stereocenters. The summed E-state index contributed by atoms with van der Waals surface area (Å²) in [6.45, 7) is 4.25. The number of rotatable bonds is 7. The number of carbonyl (C=O) groups excluding carboxylic acids is 1. The number of nitrogens with zero attached hydrogens (tertiary/aromatic N) is 1. The predicted molar refractivity (Wildman–Crippen MR) is 90.5 cm³/mol. The van der Waals surface area contributed by atoms with Crippen molar-refractivity contribution in [1.82, 2.24) is 10.2 Å². The van der Waals surface area contributed by atoms with Crippen molar-refractivity contribution in [2.45, 2.75) is 51.4 Å². The molecule has 1 fully saturated rings. The van der Waals surface area contributed by atoms with Crippen LogP contribution in [0.3, 0.4) is 0 Å². The summed E-state index contributed by atoms with van der Waals surface area (Å²) in [5, 5.41) is 3.45. The average Bonchev–Trinajstić information content (AvgIpc) is 2.78. The third-order valence-corrected chi connectivity index (χ3v) is 4.84.